The number of hydrogen-bond donors (Lipinski definition) is 1. The van der Waals surface area contributed by atoms with Crippen molar-refractivity contribution in [1.29, 1.82) is 0 Å². The summed E-state index contributed by atoms with van der Waals surface area (Å²) >= 11 is 1.37. The molecule has 0 unspecified atom stereocenters. The van der Waals surface area contributed by atoms with E-state index in [0.717, 1.165) is 22.0 Å². The summed E-state index contributed by atoms with van der Waals surface area (Å²) in [5.41, 5.74) is 0.802. The lowest BCUT2D eigenvalue weighted by Crippen LogP contribution is -2.24. The summed E-state index contributed by atoms with van der Waals surface area (Å²) in [6.07, 6.45) is 0.773. The molecule has 3 rings (SSSR count). The molecule has 0 aliphatic rings. The Balaban J connectivity index is 1.91. The van der Waals surface area contributed by atoms with Gasteiger partial charge in [-0.15, -0.1) is 11.3 Å². The van der Waals surface area contributed by atoms with Crippen molar-refractivity contribution in [1.82, 2.24) is 9.88 Å². The van der Waals surface area contributed by atoms with Crippen LogP contribution in [0.5, 0.6) is 0 Å². The number of ether oxygens (including phenoxy) is 1. The smallest absolute Gasteiger partial charge is 0.261 e. The van der Waals surface area contributed by atoms with Crippen LogP contribution in [0, 0.1) is 0 Å². The number of rotatable bonds is 6. The average molecular weight is 344 g/mol. The first kappa shape index (κ1) is 16.7. The Morgan fingerprint density at radius 1 is 1.29 bits per heavy atom. The van der Waals surface area contributed by atoms with E-state index in [4.69, 9.17) is 4.74 Å². The maximum absolute atomic E-state index is 12.5. The highest BCUT2D eigenvalue weighted by Gasteiger charge is 2.15. The molecule has 1 N–H and O–H groups in total. The van der Waals surface area contributed by atoms with E-state index < -0.39 is 0 Å². The predicted octanol–water partition coefficient (Wildman–Crippen LogP) is 2.91. The van der Waals surface area contributed by atoms with E-state index in [1.54, 1.807) is 17.7 Å². The SMILES string of the molecule is CCOCCCNC(=O)c1cc2c(=O)n(C)c3ccccc3c2s1. The molecule has 0 aliphatic heterocycles. The zero-order valence-electron chi connectivity index (χ0n) is 13.8. The minimum Gasteiger partial charge on any atom is -0.382 e. The minimum absolute atomic E-state index is 0.0738. The van der Waals surface area contributed by atoms with Gasteiger partial charge in [-0.25, -0.2) is 0 Å². The van der Waals surface area contributed by atoms with Crippen molar-refractivity contribution < 1.29 is 9.53 Å². The third-order valence-electron chi connectivity index (χ3n) is 3.96. The molecule has 0 atom stereocenters. The number of pyridine rings is 1. The summed E-state index contributed by atoms with van der Waals surface area (Å²) < 4.78 is 7.76. The molecule has 0 saturated carbocycles. The zero-order valence-corrected chi connectivity index (χ0v) is 14.6. The van der Waals surface area contributed by atoms with Crippen molar-refractivity contribution in [2.75, 3.05) is 19.8 Å². The Bertz CT molecular complexity index is 942. The molecule has 0 aliphatic carbocycles. The van der Waals surface area contributed by atoms with Crippen LogP contribution in [-0.2, 0) is 11.8 Å². The molecule has 1 aromatic carbocycles. The van der Waals surface area contributed by atoms with Crippen molar-refractivity contribution in [3.63, 3.8) is 0 Å². The molecule has 0 saturated heterocycles. The Kier molecular flexibility index (Phi) is 4.97. The molecule has 1 amide bonds. The quantitative estimate of drug-likeness (QED) is 0.700. The number of carbonyl (C=O) groups is 1. The molecule has 3 aromatic rings. The first-order valence-electron chi connectivity index (χ1n) is 8.00. The zero-order chi connectivity index (χ0) is 17.1. The number of aromatic nitrogens is 1. The van der Waals surface area contributed by atoms with E-state index in [1.807, 2.05) is 31.2 Å². The first-order valence-corrected chi connectivity index (χ1v) is 8.82. The van der Waals surface area contributed by atoms with E-state index in [0.29, 0.717) is 30.0 Å². The molecule has 6 heteroatoms. The molecule has 0 spiro atoms. The van der Waals surface area contributed by atoms with Crippen LogP contribution >= 0.6 is 11.3 Å². The van der Waals surface area contributed by atoms with Gasteiger partial charge < -0.3 is 14.6 Å². The van der Waals surface area contributed by atoms with Crippen molar-refractivity contribution in [3.8, 4) is 0 Å². The number of carbonyl (C=O) groups excluding carboxylic acids is 1. The third kappa shape index (κ3) is 3.07. The van der Waals surface area contributed by atoms with Gasteiger partial charge in [0.25, 0.3) is 11.5 Å². The second kappa shape index (κ2) is 7.15. The van der Waals surface area contributed by atoms with Crippen LogP contribution in [0.4, 0.5) is 0 Å². The number of benzene rings is 1. The van der Waals surface area contributed by atoms with Crippen LogP contribution in [0.2, 0.25) is 0 Å². The fourth-order valence-electron chi connectivity index (χ4n) is 2.72. The van der Waals surface area contributed by atoms with Gasteiger partial charge in [0.15, 0.2) is 0 Å². The largest absolute Gasteiger partial charge is 0.382 e. The van der Waals surface area contributed by atoms with E-state index in [-0.39, 0.29) is 11.5 Å². The summed E-state index contributed by atoms with van der Waals surface area (Å²) in [5.74, 6) is -0.140. The van der Waals surface area contributed by atoms with Crippen LogP contribution in [0.3, 0.4) is 0 Å². The van der Waals surface area contributed by atoms with E-state index in [2.05, 4.69) is 5.32 Å². The predicted molar refractivity (Wildman–Crippen MR) is 98.0 cm³/mol. The maximum Gasteiger partial charge on any atom is 0.261 e. The highest BCUT2D eigenvalue weighted by molar-refractivity contribution is 7.21. The summed E-state index contributed by atoms with van der Waals surface area (Å²) in [5, 5.41) is 4.48. The molecule has 126 valence electrons. The van der Waals surface area contributed by atoms with Gasteiger partial charge in [-0.1, -0.05) is 18.2 Å². The molecule has 0 bridgehead atoms. The van der Waals surface area contributed by atoms with Crippen molar-refractivity contribution in [2.24, 2.45) is 7.05 Å². The number of aryl methyl sites for hydroxylation is 1. The van der Waals surface area contributed by atoms with Gasteiger partial charge in [0.1, 0.15) is 0 Å². The summed E-state index contributed by atoms with van der Waals surface area (Å²) in [7, 11) is 1.76. The van der Waals surface area contributed by atoms with Crippen molar-refractivity contribution in [3.05, 3.63) is 45.6 Å². The van der Waals surface area contributed by atoms with Gasteiger partial charge in [0, 0.05) is 36.9 Å². The highest BCUT2D eigenvalue weighted by atomic mass is 32.1. The second-order valence-electron chi connectivity index (χ2n) is 5.54. The normalized spacial score (nSPS) is 11.2. The van der Waals surface area contributed by atoms with Crippen LogP contribution in [0.15, 0.2) is 35.1 Å². The standard InChI is InChI=1S/C18H20N2O3S/c1-3-23-10-6-9-19-17(21)15-11-13-16(24-15)12-7-4-5-8-14(12)20(2)18(13)22/h4-5,7-8,11H,3,6,9-10H2,1-2H3,(H,19,21). The van der Waals surface area contributed by atoms with E-state index in [1.165, 1.54) is 11.3 Å². The van der Waals surface area contributed by atoms with Crippen molar-refractivity contribution >= 4 is 38.2 Å². The van der Waals surface area contributed by atoms with E-state index in [9.17, 15) is 9.59 Å². The summed E-state index contributed by atoms with van der Waals surface area (Å²) in [6.45, 7) is 3.82. The Morgan fingerprint density at radius 2 is 2.08 bits per heavy atom. The Hall–Kier alpha value is -2.18. The number of nitrogens with one attached hydrogen (secondary N) is 1. The molecule has 5 nitrogen and oxygen atoms in total. The molecule has 2 heterocycles. The van der Waals surface area contributed by atoms with Gasteiger partial charge >= 0.3 is 0 Å². The fourth-order valence-corrected chi connectivity index (χ4v) is 3.82. The first-order chi connectivity index (χ1) is 11.6. The maximum atomic E-state index is 12.5. The van der Waals surface area contributed by atoms with Crippen LogP contribution in [0.25, 0.3) is 21.0 Å². The third-order valence-corrected chi connectivity index (χ3v) is 5.12. The lowest BCUT2D eigenvalue weighted by atomic mass is 10.2. The van der Waals surface area contributed by atoms with Crippen molar-refractivity contribution in [2.45, 2.75) is 13.3 Å². The van der Waals surface area contributed by atoms with E-state index >= 15 is 0 Å². The molecule has 2 aromatic heterocycles. The molecular weight excluding hydrogens is 324 g/mol. The summed E-state index contributed by atoms with van der Waals surface area (Å²) in [6, 6.07) is 9.46. The highest BCUT2D eigenvalue weighted by Crippen LogP contribution is 2.30. The molecule has 24 heavy (non-hydrogen) atoms. The molecular formula is C18H20N2O3S. The van der Waals surface area contributed by atoms with Gasteiger partial charge in [-0.3, -0.25) is 9.59 Å². The number of para-hydroxylation sites is 1. The Morgan fingerprint density at radius 3 is 2.88 bits per heavy atom. The Labute approximate surface area is 143 Å². The molecule has 0 radical (unpaired) electrons. The lowest BCUT2D eigenvalue weighted by molar-refractivity contribution is 0.0948. The number of hydrogen-bond acceptors (Lipinski definition) is 4. The number of amides is 1. The van der Waals surface area contributed by atoms with Gasteiger partial charge in [-0.05, 0) is 25.5 Å². The van der Waals surface area contributed by atoms with Gasteiger partial charge in [0.2, 0.25) is 0 Å². The number of thiophene rings is 1. The average Bonchev–Trinajstić information content (AvgIpc) is 3.05. The van der Waals surface area contributed by atoms with Crippen LogP contribution < -0.4 is 10.9 Å². The summed E-state index contributed by atoms with van der Waals surface area (Å²) in [4.78, 5) is 25.4. The number of fused-ring (bicyclic) bond motifs is 3. The minimum atomic E-state index is -0.140. The van der Waals surface area contributed by atoms with Gasteiger partial charge in [-0.2, -0.15) is 0 Å². The second-order valence-corrected chi connectivity index (χ2v) is 6.59. The van der Waals surface area contributed by atoms with Gasteiger partial charge in [0.05, 0.1) is 15.8 Å². The van der Waals surface area contributed by atoms with Crippen LogP contribution in [-0.4, -0.2) is 30.2 Å². The molecule has 0 fully saturated rings. The topological polar surface area (TPSA) is 60.3 Å². The number of nitrogens with zero attached hydrogens (tertiary/aromatic N) is 1. The lowest BCUT2D eigenvalue weighted by Gasteiger charge is -2.05. The van der Waals surface area contributed by atoms with Crippen LogP contribution in [0.1, 0.15) is 23.0 Å². The monoisotopic (exact) mass is 344 g/mol. The fraction of sp³-hybridized carbons (Fsp3) is 0.333.